The van der Waals surface area contributed by atoms with Gasteiger partial charge in [-0.2, -0.15) is 0 Å². The van der Waals surface area contributed by atoms with Crippen molar-refractivity contribution in [2.45, 2.75) is 39.0 Å². The molecule has 3 heterocycles. The third-order valence-corrected chi connectivity index (χ3v) is 4.86. The van der Waals surface area contributed by atoms with Crippen molar-refractivity contribution in [1.82, 2.24) is 19.9 Å². The van der Waals surface area contributed by atoms with Gasteiger partial charge in [-0.3, -0.25) is 9.69 Å². The number of aromatic nitrogens is 3. The largest absolute Gasteiger partial charge is 0.473 e. The second-order valence-corrected chi connectivity index (χ2v) is 7.25. The van der Waals surface area contributed by atoms with Crippen molar-refractivity contribution in [1.29, 1.82) is 0 Å². The zero-order valence-electron chi connectivity index (χ0n) is 13.4. The van der Waals surface area contributed by atoms with Crippen LogP contribution in [0.3, 0.4) is 0 Å². The van der Waals surface area contributed by atoms with Crippen LogP contribution in [0.4, 0.5) is 5.13 Å². The van der Waals surface area contributed by atoms with Crippen LogP contribution in [0.1, 0.15) is 25.1 Å². The molecule has 2 atom stereocenters. The van der Waals surface area contributed by atoms with E-state index in [2.05, 4.69) is 32.1 Å². The fourth-order valence-electron chi connectivity index (χ4n) is 2.69. The summed E-state index contributed by atoms with van der Waals surface area (Å²) in [6, 6.07) is 2.01. The molecule has 0 unspecified atom stereocenters. The number of likely N-dealkylation sites (tertiary alicyclic amines) is 1. The van der Waals surface area contributed by atoms with E-state index in [1.54, 1.807) is 12.3 Å². The maximum absolute atomic E-state index is 11.1. The zero-order valence-corrected chi connectivity index (χ0v) is 15.0. The number of thiazole rings is 1. The van der Waals surface area contributed by atoms with Gasteiger partial charge >= 0.3 is 0 Å². The van der Waals surface area contributed by atoms with Gasteiger partial charge < -0.3 is 10.1 Å². The number of amides is 1. The van der Waals surface area contributed by atoms with Crippen molar-refractivity contribution in [3.8, 4) is 5.88 Å². The van der Waals surface area contributed by atoms with Crippen LogP contribution in [0.2, 0.25) is 5.15 Å². The van der Waals surface area contributed by atoms with Crippen molar-refractivity contribution >= 4 is 34.0 Å². The minimum absolute atomic E-state index is 0.0636. The van der Waals surface area contributed by atoms with Crippen molar-refractivity contribution in [2.75, 3.05) is 11.9 Å². The lowest BCUT2D eigenvalue weighted by molar-refractivity contribution is -0.114. The smallest absolute Gasteiger partial charge is 0.223 e. The molecule has 9 heteroatoms. The van der Waals surface area contributed by atoms with Gasteiger partial charge in [0.15, 0.2) is 5.13 Å². The highest BCUT2D eigenvalue weighted by molar-refractivity contribution is 7.15. The number of ether oxygens (including phenoxy) is 1. The van der Waals surface area contributed by atoms with Crippen LogP contribution in [-0.4, -0.2) is 44.4 Å². The fraction of sp³-hybridized carbons (Fsp3) is 0.467. The number of rotatable bonds is 5. The van der Waals surface area contributed by atoms with E-state index in [1.165, 1.54) is 24.6 Å². The Balaban J connectivity index is 1.57. The van der Waals surface area contributed by atoms with Crippen LogP contribution in [-0.2, 0) is 11.3 Å². The Kier molecular flexibility index (Phi) is 5.27. The number of hydrogen-bond acceptors (Lipinski definition) is 7. The molecule has 1 amide bonds. The Morgan fingerprint density at radius 3 is 3.08 bits per heavy atom. The summed E-state index contributed by atoms with van der Waals surface area (Å²) >= 11 is 7.35. The van der Waals surface area contributed by atoms with E-state index in [4.69, 9.17) is 16.3 Å². The molecule has 1 aliphatic rings. The zero-order chi connectivity index (χ0) is 17.1. The molecule has 0 radical (unpaired) electrons. The first-order chi connectivity index (χ1) is 11.5. The van der Waals surface area contributed by atoms with Gasteiger partial charge in [-0.25, -0.2) is 15.0 Å². The average molecular weight is 368 g/mol. The molecule has 1 N–H and O–H groups in total. The van der Waals surface area contributed by atoms with Gasteiger partial charge in [-0.1, -0.05) is 11.6 Å². The topological polar surface area (TPSA) is 80.2 Å². The first-order valence-electron chi connectivity index (χ1n) is 7.60. The molecule has 2 aromatic heterocycles. The van der Waals surface area contributed by atoms with E-state index in [9.17, 15) is 4.79 Å². The van der Waals surface area contributed by atoms with Gasteiger partial charge in [0.05, 0.1) is 0 Å². The highest BCUT2D eigenvalue weighted by atomic mass is 35.5. The molecule has 2 aromatic rings. The van der Waals surface area contributed by atoms with Gasteiger partial charge in [-0.05, 0) is 6.92 Å². The summed E-state index contributed by atoms with van der Waals surface area (Å²) in [7, 11) is 0. The van der Waals surface area contributed by atoms with E-state index >= 15 is 0 Å². The number of carbonyl (C=O) groups is 1. The monoisotopic (exact) mass is 367 g/mol. The maximum atomic E-state index is 11.1. The summed E-state index contributed by atoms with van der Waals surface area (Å²) in [5.41, 5.74) is 0. The highest BCUT2D eigenvalue weighted by Gasteiger charge is 2.31. The maximum Gasteiger partial charge on any atom is 0.223 e. The Labute approximate surface area is 149 Å². The quantitative estimate of drug-likeness (QED) is 0.818. The number of carbonyl (C=O) groups excluding carboxylic acids is 1. The molecule has 1 saturated heterocycles. The third kappa shape index (κ3) is 4.40. The SMILES string of the molecule is CC(=O)Nc1ncc(CN2C[C@H](Oc3cc(Cl)ncn3)C[C@@H]2C)s1. The molecule has 3 rings (SSSR count). The average Bonchev–Trinajstić information content (AvgIpc) is 3.06. The number of hydrogen-bond donors (Lipinski definition) is 1. The summed E-state index contributed by atoms with van der Waals surface area (Å²) < 4.78 is 5.91. The molecule has 0 bridgehead atoms. The predicted molar refractivity (Wildman–Crippen MR) is 92.4 cm³/mol. The minimum atomic E-state index is -0.109. The van der Waals surface area contributed by atoms with Crippen LogP contribution in [0.25, 0.3) is 0 Å². The second-order valence-electron chi connectivity index (χ2n) is 5.75. The summed E-state index contributed by atoms with van der Waals surface area (Å²) in [5, 5.41) is 3.71. The van der Waals surface area contributed by atoms with E-state index in [-0.39, 0.29) is 12.0 Å². The highest BCUT2D eigenvalue weighted by Crippen LogP contribution is 2.27. The van der Waals surface area contributed by atoms with Crippen molar-refractivity contribution in [3.63, 3.8) is 0 Å². The lowest BCUT2D eigenvalue weighted by atomic mass is 10.2. The molecule has 128 valence electrons. The molecule has 1 aliphatic heterocycles. The molecule has 7 nitrogen and oxygen atoms in total. The van der Waals surface area contributed by atoms with Crippen molar-refractivity contribution in [3.05, 3.63) is 28.6 Å². The van der Waals surface area contributed by atoms with Crippen LogP contribution < -0.4 is 10.1 Å². The standard InChI is InChI=1S/C15H18ClN5O2S/c1-9-3-11(23-14-4-13(16)18-8-19-14)6-21(9)7-12-5-17-15(24-12)20-10(2)22/h4-5,8-9,11H,3,6-7H2,1-2H3,(H,17,20,22)/t9-,11+/m0/s1. The number of anilines is 1. The van der Waals surface area contributed by atoms with Crippen molar-refractivity contribution < 1.29 is 9.53 Å². The van der Waals surface area contributed by atoms with Gasteiger partial charge in [0, 0.05) is 49.6 Å². The van der Waals surface area contributed by atoms with E-state index in [0.717, 1.165) is 24.4 Å². The fourth-order valence-corrected chi connectivity index (χ4v) is 3.71. The van der Waals surface area contributed by atoms with Gasteiger partial charge in [0.1, 0.15) is 17.6 Å². The normalized spacial score (nSPS) is 21.0. The Morgan fingerprint density at radius 1 is 1.50 bits per heavy atom. The summed E-state index contributed by atoms with van der Waals surface area (Å²) in [5.74, 6) is 0.391. The second kappa shape index (κ2) is 7.42. The number of halogens is 1. The van der Waals surface area contributed by atoms with Crippen LogP contribution in [0, 0.1) is 0 Å². The molecule has 0 aromatic carbocycles. The molecule has 1 fully saturated rings. The van der Waals surface area contributed by atoms with E-state index in [0.29, 0.717) is 22.2 Å². The van der Waals surface area contributed by atoms with Crippen LogP contribution in [0.5, 0.6) is 5.88 Å². The number of nitrogens with zero attached hydrogens (tertiary/aromatic N) is 4. The Bertz CT molecular complexity index is 725. The van der Waals surface area contributed by atoms with E-state index in [1.807, 2.05) is 0 Å². The van der Waals surface area contributed by atoms with Gasteiger partial charge in [0.25, 0.3) is 0 Å². The third-order valence-electron chi connectivity index (χ3n) is 3.76. The lowest BCUT2D eigenvalue weighted by Crippen LogP contribution is -2.27. The Hall–Kier alpha value is -1.77. The summed E-state index contributed by atoms with van der Waals surface area (Å²) in [6.45, 7) is 5.23. The molecule has 0 saturated carbocycles. The molecule has 24 heavy (non-hydrogen) atoms. The predicted octanol–water partition coefficient (Wildman–Crippen LogP) is 2.59. The molecular formula is C15H18ClN5O2S. The van der Waals surface area contributed by atoms with Crippen LogP contribution >= 0.6 is 22.9 Å². The lowest BCUT2D eigenvalue weighted by Gasteiger charge is -2.19. The first kappa shape index (κ1) is 17.1. The first-order valence-corrected chi connectivity index (χ1v) is 8.79. The van der Waals surface area contributed by atoms with Crippen molar-refractivity contribution in [2.24, 2.45) is 0 Å². The van der Waals surface area contributed by atoms with Gasteiger partial charge in [-0.15, -0.1) is 11.3 Å². The summed E-state index contributed by atoms with van der Waals surface area (Å²) in [6.07, 6.45) is 4.18. The summed E-state index contributed by atoms with van der Waals surface area (Å²) in [4.78, 5) is 26.7. The van der Waals surface area contributed by atoms with E-state index < -0.39 is 0 Å². The van der Waals surface area contributed by atoms with Gasteiger partial charge in [0.2, 0.25) is 11.8 Å². The molecular weight excluding hydrogens is 350 g/mol. The van der Waals surface area contributed by atoms with Crippen LogP contribution in [0.15, 0.2) is 18.6 Å². The Morgan fingerprint density at radius 2 is 2.33 bits per heavy atom. The minimum Gasteiger partial charge on any atom is -0.473 e. The molecule has 0 spiro atoms. The molecule has 0 aliphatic carbocycles. The number of nitrogens with one attached hydrogen (secondary N) is 1.